The summed E-state index contributed by atoms with van der Waals surface area (Å²) >= 11 is 0. The molecule has 0 spiro atoms. The zero-order valence-corrected chi connectivity index (χ0v) is 14.6. The number of hydrogen-bond donors (Lipinski definition) is 3. The van der Waals surface area contributed by atoms with E-state index in [1.807, 2.05) is 0 Å². The van der Waals surface area contributed by atoms with Crippen LogP contribution in [0.2, 0.25) is 0 Å². The molecule has 0 heterocycles. The molecule has 0 aliphatic carbocycles. The zero-order chi connectivity index (χ0) is 19.0. The van der Waals surface area contributed by atoms with Crippen LogP contribution in [0.4, 0.5) is 4.39 Å². The second-order valence-corrected chi connectivity index (χ2v) is 7.13. The monoisotopic (exact) mass is 379 g/mol. The quantitative estimate of drug-likeness (QED) is 0.621. The van der Waals surface area contributed by atoms with E-state index in [0.29, 0.717) is 5.56 Å². The van der Waals surface area contributed by atoms with E-state index in [0.717, 1.165) is 0 Å². The van der Waals surface area contributed by atoms with Gasteiger partial charge in [-0.15, -0.1) is 0 Å². The van der Waals surface area contributed by atoms with Crippen LogP contribution in [-0.4, -0.2) is 26.8 Å². The third-order valence-corrected chi connectivity index (χ3v) is 4.79. The number of carbonyl (C=O) groups is 2. The molecular weight excluding hydrogens is 361 g/mol. The van der Waals surface area contributed by atoms with E-state index in [4.69, 9.17) is 0 Å². The van der Waals surface area contributed by atoms with Crippen molar-refractivity contribution in [2.45, 2.75) is 17.7 Å². The van der Waals surface area contributed by atoms with E-state index < -0.39 is 27.7 Å². The molecule has 2 aromatic carbocycles. The standard InChI is InChI=1S/C17H18FN3O4S/c18-14-8-6-13(7-9-14)12-17(23)21-20-16(22)10-11-19-26(24,25)15-4-2-1-3-5-15/h1-9,19H,10-12H2,(H,20,22)(H,21,23). The van der Waals surface area contributed by atoms with Crippen LogP contribution < -0.4 is 15.6 Å². The largest absolute Gasteiger partial charge is 0.273 e. The second kappa shape index (κ2) is 9.07. The molecule has 2 aromatic rings. The predicted octanol–water partition coefficient (Wildman–Crippen LogP) is 0.884. The van der Waals surface area contributed by atoms with Crippen LogP contribution in [0.5, 0.6) is 0 Å². The molecule has 9 heteroatoms. The van der Waals surface area contributed by atoms with Gasteiger partial charge in [-0.3, -0.25) is 20.4 Å². The first-order valence-corrected chi connectivity index (χ1v) is 9.22. The van der Waals surface area contributed by atoms with Crippen molar-refractivity contribution in [1.29, 1.82) is 0 Å². The van der Waals surface area contributed by atoms with Gasteiger partial charge in [0, 0.05) is 13.0 Å². The number of benzene rings is 2. The zero-order valence-electron chi connectivity index (χ0n) is 13.7. The SMILES string of the molecule is O=C(CCNS(=O)(=O)c1ccccc1)NNC(=O)Cc1ccc(F)cc1. The van der Waals surface area contributed by atoms with Crippen LogP contribution >= 0.6 is 0 Å². The van der Waals surface area contributed by atoms with Crippen molar-refractivity contribution in [2.75, 3.05) is 6.54 Å². The van der Waals surface area contributed by atoms with Gasteiger partial charge in [0.1, 0.15) is 5.82 Å². The van der Waals surface area contributed by atoms with Crippen molar-refractivity contribution in [3.8, 4) is 0 Å². The fourth-order valence-corrected chi connectivity index (χ4v) is 3.07. The fraction of sp³-hybridized carbons (Fsp3) is 0.176. The molecule has 3 N–H and O–H groups in total. The van der Waals surface area contributed by atoms with Crippen molar-refractivity contribution in [3.05, 3.63) is 66.0 Å². The van der Waals surface area contributed by atoms with E-state index in [2.05, 4.69) is 15.6 Å². The van der Waals surface area contributed by atoms with Crippen molar-refractivity contribution >= 4 is 21.8 Å². The molecule has 0 fully saturated rings. The molecular formula is C17H18FN3O4S. The number of carbonyl (C=O) groups excluding carboxylic acids is 2. The molecule has 0 aromatic heterocycles. The van der Waals surface area contributed by atoms with Gasteiger partial charge in [-0.05, 0) is 29.8 Å². The summed E-state index contributed by atoms with van der Waals surface area (Å²) in [4.78, 5) is 23.5. The summed E-state index contributed by atoms with van der Waals surface area (Å²) < 4.78 is 39.0. The second-order valence-electron chi connectivity index (χ2n) is 5.36. The first kappa shape index (κ1) is 19.5. The summed E-state index contributed by atoms with van der Waals surface area (Å²) in [6.45, 7) is -0.114. The first-order chi connectivity index (χ1) is 12.4. The highest BCUT2D eigenvalue weighted by Gasteiger charge is 2.13. The highest BCUT2D eigenvalue weighted by atomic mass is 32.2. The van der Waals surface area contributed by atoms with E-state index in [1.165, 1.54) is 36.4 Å². The lowest BCUT2D eigenvalue weighted by Gasteiger charge is -2.09. The number of amides is 2. The van der Waals surface area contributed by atoms with Crippen molar-refractivity contribution in [1.82, 2.24) is 15.6 Å². The van der Waals surface area contributed by atoms with Gasteiger partial charge in [0.25, 0.3) is 0 Å². The minimum atomic E-state index is -3.68. The Bertz CT molecular complexity index is 855. The maximum Gasteiger partial charge on any atom is 0.242 e. The number of rotatable bonds is 7. The molecule has 0 saturated heterocycles. The Morgan fingerprint density at radius 1 is 0.885 bits per heavy atom. The average molecular weight is 379 g/mol. The third kappa shape index (κ3) is 6.26. The summed E-state index contributed by atoms with van der Waals surface area (Å²) in [5, 5.41) is 0. The van der Waals surface area contributed by atoms with Crippen molar-refractivity contribution in [2.24, 2.45) is 0 Å². The van der Waals surface area contributed by atoms with Crippen LogP contribution in [0.3, 0.4) is 0 Å². The number of hydrogen-bond acceptors (Lipinski definition) is 4. The van der Waals surface area contributed by atoms with E-state index in [9.17, 15) is 22.4 Å². The van der Waals surface area contributed by atoms with Gasteiger partial charge in [0.15, 0.2) is 0 Å². The van der Waals surface area contributed by atoms with Crippen molar-refractivity contribution < 1.29 is 22.4 Å². The van der Waals surface area contributed by atoms with Gasteiger partial charge < -0.3 is 0 Å². The summed E-state index contributed by atoms with van der Waals surface area (Å²) in [6, 6.07) is 13.2. The lowest BCUT2D eigenvalue weighted by Crippen LogP contribution is -2.43. The molecule has 26 heavy (non-hydrogen) atoms. The third-order valence-electron chi connectivity index (χ3n) is 3.32. The molecule has 0 unspecified atom stereocenters. The van der Waals surface area contributed by atoms with Crippen LogP contribution in [0, 0.1) is 5.82 Å². The number of halogens is 1. The van der Waals surface area contributed by atoms with Gasteiger partial charge in [-0.2, -0.15) is 0 Å². The summed E-state index contributed by atoms with van der Waals surface area (Å²) in [5.41, 5.74) is 5.00. The lowest BCUT2D eigenvalue weighted by atomic mass is 10.1. The van der Waals surface area contributed by atoms with Gasteiger partial charge in [0.2, 0.25) is 21.8 Å². The molecule has 0 bridgehead atoms. The van der Waals surface area contributed by atoms with Gasteiger partial charge >= 0.3 is 0 Å². The highest BCUT2D eigenvalue weighted by Crippen LogP contribution is 2.06. The van der Waals surface area contributed by atoms with Crippen LogP contribution in [0.15, 0.2) is 59.5 Å². The van der Waals surface area contributed by atoms with Gasteiger partial charge in [-0.1, -0.05) is 30.3 Å². The Morgan fingerprint density at radius 2 is 1.50 bits per heavy atom. The molecule has 0 aliphatic rings. The normalized spacial score (nSPS) is 11.0. The van der Waals surface area contributed by atoms with E-state index in [1.54, 1.807) is 18.2 Å². The van der Waals surface area contributed by atoms with Gasteiger partial charge in [0.05, 0.1) is 11.3 Å². The maximum absolute atomic E-state index is 12.8. The van der Waals surface area contributed by atoms with E-state index in [-0.39, 0.29) is 24.3 Å². The Kier molecular flexibility index (Phi) is 6.81. The van der Waals surface area contributed by atoms with Crippen LogP contribution in [0.1, 0.15) is 12.0 Å². The summed E-state index contributed by atoms with van der Waals surface area (Å²) in [5.74, 6) is -1.43. The predicted molar refractivity (Wildman–Crippen MR) is 92.6 cm³/mol. The van der Waals surface area contributed by atoms with Crippen molar-refractivity contribution in [3.63, 3.8) is 0 Å². The highest BCUT2D eigenvalue weighted by molar-refractivity contribution is 7.89. The number of sulfonamides is 1. The molecule has 0 radical (unpaired) electrons. The van der Waals surface area contributed by atoms with Crippen LogP contribution in [0.25, 0.3) is 0 Å². The Hall–Kier alpha value is -2.78. The molecule has 0 aliphatic heterocycles. The number of hydrazine groups is 1. The van der Waals surface area contributed by atoms with Crippen LogP contribution in [-0.2, 0) is 26.0 Å². The Labute approximate surface area is 150 Å². The Balaban J connectivity index is 1.70. The van der Waals surface area contributed by atoms with Gasteiger partial charge in [-0.25, -0.2) is 17.5 Å². The maximum atomic E-state index is 12.8. The fourth-order valence-electron chi connectivity index (χ4n) is 2.02. The molecule has 2 rings (SSSR count). The van der Waals surface area contributed by atoms with E-state index >= 15 is 0 Å². The molecule has 0 atom stereocenters. The summed E-state index contributed by atoms with van der Waals surface area (Å²) in [7, 11) is -3.68. The minimum absolute atomic E-state index is 0.0266. The topological polar surface area (TPSA) is 104 Å². The molecule has 138 valence electrons. The first-order valence-electron chi connectivity index (χ1n) is 7.74. The molecule has 0 saturated carbocycles. The smallest absolute Gasteiger partial charge is 0.242 e. The lowest BCUT2D eigenvalue weighted by molar-refractivity contribution is -0.128. The molecule has 2 amide bonds. The Morgan fingerprint density at radius 3 is 2.15 bits per heavy atom. The number of nitrogens with one attached hydrogen (secondary N) is 3. The minimum Gasteiger partial charge on any atom is -0.273 e. The average Bonchev–Trinajstić information content (AvgIpc) is 2.62. The molecule has 7 nitrogen and oxygen atoms in total. The summed E-state index contributed by atoms with van der Waals surface area (Å²) in [6.07, 6.45) is -0.176.